The Bertz CT molecular complexity index is 374. The van der Waals surface area contributed by atoms with Gasteiger partial charge in [0, 0.05) is 13.6 Å². The molecule has 0 bridgehead atoms. The smallest absolute Gasteiger partial charge is 0.364 e. The molecule has 0 atom stereocenters. The maximum Gasteiger partial charge on any atom is 0.406 e. The summed E-state index contributed by atoms with van der Waals surface area (Å²) in [6.45, 7) is 5.13. The molecule has 0 aromatic carbocycles. The summed E-state index contributed by atoms with van der Waals surface area (Å²) in [6, 6.07) is 0. The van der Waals surface area contributed by atoms with E-state index in [4.69, 9.17) is 0 Å². The first kappa shape index (κ1) is 13.5. The topological polar surface area (TPSA) is 73.0 Å². The average molecular weight is 240 g/mol. The lowest BCUT2D eigenvalue weighted by molar-refractivity contribution is -0.388. The van der Waals surface area contributed by atoms with Gasteiger partial charge < -0.3 is 15.4 Å². The van der Waals surface area contributed by atoms with E-state index < -0.39 is 4.92 Å². The molecule has 0 amide bonds. The molecule has 96 valence electrons. The zero-order valence-electron chi connectivity index (χ0n) is 10.6. The molecule has 17 heavy (non-hydrogen) atoms. The lowest BCUT2D eigenvalue weighted by Gasteiger charge is -2.07. The van der Waals surface area contributed by atoms with Crippen molar-refractivity contribution in [2.24, 2.45) is 13.0 Å². The molecule has 1 aromatic rings. The maximum atomic E-state index is 10.7. The Morgan fingerprint density at radius 1 is 1.53 bits per heavy atom. The highest BCUT2D eigenvalue weighted by Gasteiger charge is 2.18. The van der Waals surface area contributed by atoms with Crippen LogP contribution in [0.2, 0.25) is 0 Å². The van der Waals surface area contributed by atoms with E-state index in [2.05, 4.69) is 24.1 Å². The van der Waals surface area contributed by atoms with Crippen LogP contribution in [0.15, 0.2) is 6.33 Å². The number of aromatic nitrogens is 2. The average Bonchev–Trinajstić information content (AvgIpc) is 2.59. The monoisotopic (exact) mass is 240 g/mol. The molecule has 0 saturated carbocycles. The van der Waals surface area contributed by atoms with E-state index in [-0.39, 0.29) is 5.82 Å². The van der Waals surface area contributed by atoms with Gasteiger partial charge in [-0.25, -0.2) is 0 Å². The lowest BCUT2D eigenvalue weighted by Crippen LogP contribution is -2.07. The SMILES string of the molecule is CC(C)CCCCNc1c([N+](=O)[O-])ncn1C. The van der Waals surface area contributed by atoms with E-state index in [0.29, 0.717) is 11.7 Å². The number of nitrogens with zero attached hydrogens (tertiary/aromatic N) is 3. The fourth-order valence-corrected chi connectivity index (χ4v) is 1.64. The molecule has 0 unspecified atom stereocenters. The Hall–Kier alpha value is -1.59. The number of rotatable bonds is 7. The second-order valence-electron chi connectivity index (χ2n) is 4.60. The van der Waals surface area contributed by atoms with E-state index in [1.807, 2.05) is 0 Å². The molecule has 1 aromatic heterocycles. The van der Waals surface area contributed by atoms with E-state index in [0.717, 1.165) is 19.4 Å². The highest BCUT2D eigenvalue weighted by molar-refractivity contribution is 5.51. The predicted octanol–water partition coefficient (Wildman–Crippen LogP) is 2.57. The van der Waals surface area contributed by atoms with Gasteiger partial charge in [0.1, 0.15) is 0 Å². The van der Waals surface area contributed by atoms with Gasteiger partial charge in [-0.3, -0.25) is 4.57 Å². The summed E-state index contributed by atoms with van der Waals surface area (Å²) in [5, 5.41) is 13.8. The third kappa shape index (κ3) is 4.05. The molecule has 0 aliphatic heterocycles. The standard InChI is InChI=1S/C11H20N4O2/c1-9(2)6-4-5-7-12-10-11(15(16)17)13-8-14(10)3/h8-9,12H,4-7H2,1-3H3. The Kier molecular flexibility index (Phi) is 4.93. The molecular weight excluding hydrogens is 220 g/mol. The first-order valence-corrected chi connectivity index (χ1v) is 5.92. The van der Waals surface area contributed by atoms with Crippen molar-refractivity contribution in [2.45, 2.75) is 33.1 Å². The summed E-state index contributed by atoms with van der Waals surface area (Å²) in [5.74, 6) is 1.09. The van der Waals surface area contributed by atoms with Crippen molar-refractivity contribution in [3.05, 3.63) is 16.4 Å². The maximum absolute atomic E-state index is 10.7. The highest BCUT2D eigenvalue weighted by atomic mass is 16.6. The summed E-state index contributed by atoms with van der Waals surface area (Å²) < 4.78 is 1.64. The van der Waals surface area contributed by atoms with Crippen molar-refractivity contribution in [1.29, 1.82) is 0 Å². The second-order valence-corrected chi connectivity index (χ2v) is 4.60. The Labute approximate surface area is 101 Å². The van der Waals surface area contributed by atoms with E-state index in [1.165, 1.54) is 12.7 Å². The van der Waals surface area contributed by atoms with Crippen LogP contribution in [-0.4, -0.2) is 21.0 Å². The van der Waals surface area contributed by atoms with Gasteiger partial charge in [-0.15, -0.1) is 0 Å². The molecule has 1 rings (SSSR count). The molecule has 0 aliphatic carbocycles. The third-order valence-corrected chi connectivity index (χ3v) is 2.59. The van der Waals surface area contributed by atoms with Crippen LogP contribution >= 0.6 is 0 Å². The fraction of sp³-hybridized carbons (Fsp3) is 0.727. The number of unbranched alkanes of at least 4 members (excludes halogenated alkanes) is 1. The van der Waals surface area contributed by atoms with Crippen molar-refractivity contribution in [2.75, 3.05) is 11.9 Å². The van der Waals surface area contributed by atoms with Crippen molar-refractivity contribution in [1.82, 2.24) is 9.55 Å². The predicted molar refractivity (Wildman–Crippen MR) is 67.0 cm³/mol. The normalized spacial score (nSPS) is 10.8. The van der Waals surface area contributed by atoms with Gasteiger partial charge in [-0.05, 0) is 22.2 Å². The minimum atomic E-state index is -0.462. The van der Waals surface area contributed by atoms with Gasteiger partial charge in [0.25, 0.3) is 0 Å². The summed E-state index contributed by atoms with van der Waals surface area (Å²) in [6.07, 6.45) is 4.79. The minimum absolute atomic E-state index is 0.101. The number of nitro groups is 1. The second kappa shape index (κ2) is 6.22. The molecule has 0 radical (unpaired) electrons. The summed E-state index contributed by atoms with van der Waals surface area (Å²) >= 11 is 0. The number of imidazole rings is 1. The Morgan fingerprint density at radius 3 is 2.82 bits per heavy atom. The highest BCUT2D eigenvalue weighted by Crippen LogP contribution is 2.20. The van der Waals surface area contributed by atoms with Crippen LogP contribution in [0, 0.1) is 16.0 Å². The molecule has 1 heterocycles. The van der Waals surface area contributed by atoms with Crippen LogP contribution in [-0.2, 0) is 7.05 Å². The molecular formula is C11H20N4O2. The quantitative estimate of drug-likeness (QED) is 0.451. The van der Waals surface area contributed by atoms with Crippen molar-refractivity contribution in [3.63, 3.8) is 0 Å². The van der Waals surface area contributed by atoms with Gasteiger partial charge in [0.2, 0.25) is 12.1 Å². The van der Waals surface area contributed by atoms with E-state index in [9.17, 15) is 10.1 Å². The number of hydrogen-bond acceptors (Lipinski definition) is 4. The molecule has 1 N–H and O–H groups in total. The van der Waals surface area contributed by atoms with Crippen molar-refractivity contribution < 1.29 is 4.92 Å². The fourth-order valence-electron chi connectivity index (χ4n) is 1.64. The molecule has 0 saturated heterocycles. The lowest BCUT2D eigenvalue weighted by atomic mass is 10.1. The molecule has 6 heteroatoms. The van der Waals surface area contributed by atoms with E-state index in [1.54, 1.807) is 11.6 Å². The molecule has 0 aliphatic rings. The molecule has 0 fully saturated rings. The number of hydrogen-bond donors (Lipinski definition) is 1. The van der Waals surface area contributed by atoms with Crippen LogP contribution in [0.3, 0.4) is 0 Å². The summed E-state index contributed by atoms with van der Waals surface area (Å²) in [5.41, 5.74) is 0. The zero-order chi connectivity index (χ0) is 12.8. The number of anilines is 1. The van der Waals surface area contributed by atoms with E-state index >= 15 is 0 Å². The van der Waals surface area contributed by atoms with Crippen molar-refractivity contribution >= 4 is 11.6 Å². The minimum Gasteiger partial charge on any atom is -0.364 e. The number of aryl methyl sites for hydroxylation is 1. The van der Waals surface area contributed by atoms with Crippen LogP contribution < -0.4 is 5.32 Å². The van der Waals surface area contributed by atoms with Crippen LogP contribution in [0.1, 0.15) is 33.1 Å². The van der Waals surface area contributed by atoms with Gasteiger partial charge in [0.15, 0.2) is 0 Å². The van der Waals surface area contributed by atoms with Crippen LogP contribution in [0.25, 0.3) is 0 Å². The first-order valence-electron chi connectivity index (χ1n) is 5.92. The summed E-state index contributed by atoms with van der Waals surface area (Å²) in [4.78, 5) is 14.0. The summed E-state index contributed by atoms with van der Waals surface area (Å²) in [7, 11) is 1.75. The first-order chi connectivity index (χ1) is 8.02. The van der Waals surface area contributed by atoms with Crippen LogP contribution in [0.4, 0.5) is 11.6 Å². The Morgan fingerprint density at radius 2 is 2.24 bits per heavy atom. The largest absolute Gasteiger partial charge is 0.406 e. The third-order valence-electron chi connectivity index (χ3n) is 2.59. The van der Waals surface area contributed by atoms with Gasteiger partial charge in [0.05, 0.1) is 0 Å². The number of nitrogens with one attached hydrogen (secondary N) is 1. The van der Waals surface area contributed by atoms with Gasteiger partial charge in [-0.1, -0.05) is 26.7 Å². The molecule has 0 spiro atoms. The molecule has 6 nitrogen and oxygen atoms in total. The van der Waals surface area contributed by atoms with Crippen LogP contribution in [0.5, 0.6) is 0 Å². The zero-order valence-corrected chi connectivity index (χ0v) is 10.6. The van der Waals surface area contributed by atoms with Gasteiger partial charge >= 0.3 is 5.82 Å². The van der Waals surface area contributed by atoms with Gasteiger partial charge in [-0.2, -0.15) is 0 Å². The Balaban J connectivity index is 2.41. The van der Waals surface area contributed by atoms with Crippen molar-refractivity contribution in [3.8, 4) is 0 Å².